The monoisotopic (exact) mass is 436 g/mol. The van der Waals surface area contributed by atoms with Gasteiger partial charge in [0.25, 0.3) is 5.56 Å². The number of aromatic amines is 1. The van der Waals surface area contributed by atoms with Crippen molar-refractivity contribution >= 4 is 10.9 Å². The van der Waals surface area contributed by atoms with Crippen LogP contribution in [0.25, 0.3) is 10.9 Å². The third-order valence-electron chi connectivity index (χ3n) is 6.15. The van der Waals surface area contributed by atoms with E-state index < -0.39 is 0 Å². The molecule has 0 atom stereocenters. The average molecular weight is 437 g/mol. The zero-order valence-electron chi connectivity index (χ0n) is 19.4. The van der Waals surface area contributed by atoms with Gasteiger partial charge in [0.1, 0.15) is 5.82 Å². The van der Waals surface area contributed by atoms with Gasteiger partial charge in [-0.1, -0.05) is 38.1 Å². The standard InChI is InChI=1S/C25H32N4O3/c1-17(2)19-7-5-18(6-8-19)15-28-9-11-29(12-10-28)16-24-26-21-14-23(32-4)22(31-3)13-20(21)25(30)27-24/h5-8,13-14,17H,9-12,15-16H2,1-4H3,(H,26,27,30). The fourth-order valence-electron chi connectivity index (χ4n) is 4.17. The van der Waals surface area contributed by atoms with Gasteiger partial charge in [0.15, 0.2) is 11.5 Å². The molecule has 1 N–H and O–H groups in total. The predicted molar refractivity (Wildman–Crippen MR) is 127 cm³/mol. The molecule has 0 saturated carbocycles. The van der Waals surface area contributed by atoms with Crippen LogP contribution in [-0.2, 0) is 13.1 Å². The van der Waals surface area contributed by atoms with E-state index in [0.29, 0.717) is 40.7 Å². The van der Waals surface area contributed by atoms with E-state index >= 15 is 0 Å². The number of piperazine rings is 1. The number of hydrogen-bond acceptors (Lipinski definition) is 6. The normalized spacial score (nSPS) is 15.4. The number of ether oxygens (including phenoxy) is 2. The maximum atomic E-state index is 12.6. The van der Waals surface area contributed by atoms with Gasteiger partial charge in [-0.15, -0.1) is 0 Å². The van der Waals surface area contributed by atoms with E-state index in [4.69, 9.17) is 9.47 Å². The van der Waals surface area contributed by atoms with E-state index in [2.05, 4.69) is 57.9 Å². The molecule has 170 valence electrons. The van der Waals surface area contributed by atoms with Gasteiger partial charge in [-0.3, -0.25) is 14.6 Å². The summed E-state index contributed by atoms with van der Waals surface area (Å²) in [4.78, 5) is 25.0. The van der Waals surface area contributed by atoms with Crippen molar-refractivity contribution in [3.05, 3.63) is 63.7 Å². The summed E-state index contributed by atoms with van der Waals surface area (Å²) in [6, 6.07) is 12.4. The number of H-pyrrole nitrogens is 1. The first-order valence-electron chi connectivity index (χ1n) is 11.1. The summed E-state index contributed by atoms with van der Waals surface area (Å²) in [5, 5.41) is 0.500. The Morgan fingerprint density at radius 1 is 0.938 bits per heavy atom. The fraction of sp³-hybridized carbons (Fsp3) is 0.440. The van der Waals surface area contributed by atoms with Crippen molar-refractivity contribution in [3.8, 4) is 11.5 Å². The zero-order valence-corrected chi connectivity index (χ0v) is 19.4. The Balaban J connectivity index is 1.38. The summed E-state index contributed by atoms with van der Waals surface area (Å²) >= 11 is 0. The highest BCUT2D eigenvalue weighted by Crippen LogP contribution is 2.30. The van der Waals surface area contributed by atoms with E-state index in [1.165, 1.54) is 11.1 Å². The van der Waals surface area contributed by atoms with Crippen LogP contribution in [0.15, 0.2) is 41.2 Å². The quantitative estimate of drug-likeness (QED) is 0.612. The Kier molecular flexibility index (Phi) is 6.77. The highest BCUT2D eigenvalue weighted by atomic mass is 16.5. The van der Waals surface area contributed by atoms with E-state index in [0.717, 1.165) is 32.7 Å². The maximum Gasteiger partial charge on any atom is 0.258 e. The topological polar surface area (TPSA) is 70.7 Å². The van der Waals surface area contributed by atoms with Crippen molar-refractivity contribution in [2.45, 2.75) is 32.9 Å². The lowest BCUT2D eigenvalue weighted by atomic mass is 10.0. The second kappa shape index (κ2) is 9.71. The summed E-state index contributed by atoms with van der Waals surface area (Å²) < 4.78 is 10.7. The summed E-state index contributed by atoms with van der Waals surface area (Å²) in [6.45, 7) is 9.91. The average Bonchev–Trinajstić information content (AvgIpc) is 2.80. The lowest BCUT2D eigenvalue weighted by molar-refractivity contribution is 0.120. The minimum atomic E-state index is -0.158. The van der Waals surface area contributed by atoms with Gasteiger partial charge in [0.2, 0.25) is 0 Å². The number of nitrogens with one attached hydrogen (secondary N) is 1. The molecule has 1 aliphatic rings. The SMILES string of the molecule is COc1cc2nc(CN3CCN(Cc4ccc(C(C)C)cc4)CC3)[nH]c(=O)c2cc1OC. The Hall–Kier alpha value is -2.90. The minimum absolute atomic E-state index is 0.158. The van der Waals surface area contributed by atoms with Gasteiger partial charge in [-0.05, 0) is 23.1 Å². The largest absolute Gasteiger partial charge is 0.493 e. The molecular weight excluding hydrogens is 404 g/mol. The van der Waals surface area contributed by atoms with Crippen LogP contribution >= 0.6 is 0 Å². The molecule has 0 radical (unpaired) electrons. The molecule has 2 heterocycles. The van der Waals surface area contributed by atoms with Crippen LogP contribution in [0, 0.1) is 0 Å². The molecule has 0 aliphatic carbocycles. The van der Waals surface area contributed by atoms with Crippen LogP contribution in [0.3, 0.4) is 0 Å². The molecule has 0 unspecified atom stereocenters. The Bertz CT molecular complexity index is 1120. The van der Waals surface area contributed by atoms with Crippen LogP contribution in [0.4, 0.5) is 0 Å². The van der Waals surface area contributed by atoms with Crippen LogP contribution in [-0.4, -0.2) is 60.2 Å². The van der Waals surface area contributed by atoms with Gasteiger partial charge in [-0.25, -0.2) is 4.98 Å². The van der Waals surface area contributed by atoms with Crippen molar-refractivity contribution in [3.63, 3.8) is 0 Å². The molecule has 1 fully saturated rings. The molecular formula is C25H32N4O3. The van der Waals surface area contributed by atoms with Crippen LogP contribution in [0.5, 0.6) is 11.5 Å². The first-order valence-corrected chi connectivity index (χ1v) is 11.1. The van der Waals surface area contributed by atoms with E-state index in [1.54, 1.807) is 26.4 Å². The highest BCUT2D eigenvalue weighted by Gasteiger charge is 2.19. The minimum Gasteiger partial charge on any atom is -0.493 e. The second-order valence-electron chi connectivity index (χ2n) is 8.69. The molecule has 1 aliphatic heterocycles. The van der Waals surface area contributed by atoms with Crippen LogP contribution in [0.2, 0.25) is 0 Å². The van der Waals surface area contributed by atoms with Crippen LogP contribution in [0.1, 0.15) is 36.7 Å². The molecule has 4 rings (SSSR count). The predicted octanol–water partition coefficient (Wildman–Crippen LogP) is 3.38. The Labute approximate surface area is 189 Å². The van der Waals surface area contributed by atoms with E-state index in [9.17, 15) is 4.79 Å². The van der Waals surface area contributed by atoms with Crippen molar-refractivity contribution in [2.24, 2.45) is 0 Å². The molecule has 1 aromatic heterocycles. The fourth-order valence-corrected chi connectivity index (χ4v) is 4.17. The maximum absolute atomic E-state index is 12.6. The summed E-state index contributed by atoms with van der Waals surface area (Å²) in [5.41, 5.74) is 3.19. The summed E-state index contributed by atoms with van der Waals surface area (Å²) in [5.74, 6) is 2.33. The molecule has 7 heteroatoms. The van der Waals surface area contributed by atoms with Crippen molar-refractivity contribution in [1.82, 2.24) is 19.8 Å². The number of aromatic nitrogens is 2. The molecule has 1 saturated heterocycles. The molecule has 32 heavy (non-hydrogen) atoms. The number of nitrogens with zero attached hydrogens (tertiary/aromatic N) is 3. The van der Waals surface area contributed by atoms with E-state index in [1.807, 2.05) is 0 Å². The number of methoxy groups -OCH3 is 2. The number of fused-ring (bicyclic) bond motifs is 1. The van der Waals surface area contributed by atoms with Gasteiger partial charge in [0.05, 0.1) is 31.7 Å². The third kappa shape index (κ3) is 4.95. The number of hydrogen-bond donors (Lipinski definition) is 1. The number of rotatable bonds is 7. The summed E-state index contributed by atoms with van der Waals surface area (Å²) in [7, 11) is 3.13. The van der Waals surface area contributed by atoms with Crippen molar-refractivity contribution in [1.29, 1.82) is 0 Å². The molecule has 0 amide bonds. The van der Waals surface area contributed by atoms with E-state index in [-0.39, 0.29) is 5.56 Å². The Morgan fingerprint density at radius 3 is 2.12 bits per heavy atom. The van der Waals surface area contributed by atoms with Gasteiger partial charge in [-0.2, -0.15) is 0 Å². The van der Waals surface area contributed by atoms with Crippen LogP contribution < -0.4 is 15.0 Å². The van der Waals surface area contributed by atoms with Crippen molar-refractivity contribution < 1.29 is 9.47 Å². The molecule has 0 spiro atoms. The first kappa shape index (κ1) is 22.3. The smallest absolute Gasteiger partial charge is 0.258 e. The zero-order chi connectivity index (χ0) is 22.7. The van der Waals surface area contributed by atoms with Gasteiger partial charge >= 0.3 is 0 Å². The van der Waals surface area contributed by atoms with Gasteiger partial charge < -0.3 is 14.5 Å². The van der Waals surface area contributed by atoms with Crippen molar-refractivity contribution in [2.75, 3.05) is 40.4 Å². The second-order valence-corrected chi connectivity index (χ2v) is 8.69. The number of benzene rings is 2. The lowest BCUT2D eigenvalue weighted by Crippen LogP contribution is -2.45. The molecule has 0 bridgehead atoms. The molecule has 3 aromatic rings. The lowest BCUT2D eigenvalue weighted by Gasteiger charge is -2.34. The Morgan fingerprint density at radius 2 is 1.53 bits per heavy atom. The molecule has 7 nitrogen and oxygen atoms in total. The van der Waals surface area contributed by atoms with Gasteiger partial charge in [0, 0.05) is 38.8 Å². The summed E-state index contributed by atoms with van der Waals surface area (Å²) in [6.07, 6.45) is 0. The first-order chi connectivity index (χ1) is 15.5. The molecule has 2 aromatic carbocycles. The highest BCUT2D eigenvalue weighted by molar-refractivity contribution is 5.81. The third-order valence-corrected chi connectivity index (χ3v) is 6.15.